The highest BCUT2D eigenvalue weighted by Gasteiger charge is 2.34. The van der Waals surface area contributed by atoms with Crippen LogP contribution in [0.3, 0.4) is 0 Å². The minimum Gasteiger partial charge on any atom is -0.491 e. The Labute approximate surface area is 186 Å². The molecule has 4 rings (SSSR count). The molecule has 160 valence electrons. The molecule has 0 aliphatic carbocycles. The number of thioether (sulfide) groups is 1. The molecule has 0 spiro atoms. The molecule has 31 heavy (non-hydrogen) atoms. The van der Waals surface area contributed by atoms with Gasteiger partial charge in [0.15, 0.2) is 0 Å². The van der Waals surface area contributed by atoms with Crippen molar-refractivity contribution in [3.8, 4) is 5.75 Å². The third kappa shape index (κ3) is 4.99. The molecule has 6 nitrogen and oxygen atoms in total. The lowest BCUT2D eigenvalue weighted by molar-refractivity contribution is -0.126. The quantitative estimate of drug-likeness (QED) is 0.429. The average molecular weight is 436 g/mol. The van der Waals surface area contributed by atoms with E-state index < -0.39 is 0 Å². The van der Waals surface area contributed by atoms with E-state index in [1.165, 1.54) is 0 Å². The third-order valence-electron chi connectivity index (χ3n) is 5.35. The van der Waals surface area contributed by atoms with Crippen LogP contribution in [-0.4, -0.2) is 42.8 Å². The van der Waals surface area contributed by atoms with Crippen LogP contribution in [0.1, 0.15) is 12.8 Å². The lowest BCUT2D eigenvalue weighted by atomic mass is 10.1. The van der Waals surface area contributed by atoms with Gasteiger partial charge in [-0.25, -0.2) is 0 Å². The SMILES string of the molecule is CSc1ccc(N2CC(C(=O)NCCCOc3cccc4cccnc34)CC2=O)cc1. The van der Waals surface area contributed by atoms with Gasteiger partial charge in [-0.1, -0.05) is 18.2 Å². The maximum Gasteiger partial charge on any atom is 0.227 e. The Bertz CT molecular complexity index is 1070. The first-order valence-corrected chi connectivity index (χ1v) is 11.6. The Kier molecular flexibility index (Phi) is 6.72. The number of ether oxygens (including phenoxy) is 1. The first-order chi connectivity index (χ1) is 15.2. The molecule has 1 aliphatic heterocycles. The zero-order valence-corrected chi connectivity index (χ0v) is 18.2. The van der Waals surface area contributed by atoms with Crippen molar-refractivity contribution in [2.45, 2.75) is 17.7 Å². The standard InChI is InChI=1S/C24H25N3O3S/c1-31-20-10-8-19(9-11-20)27-16-18(15-22(27)28)24(29)26-13-4-14-30-21-7-2-5-17-6-3-12-25-23(17)21/h2-3,5-12,18H,4,13-16H2,1H3,(H,26,29). The molecule has 0 radical (unpaired) electrons. The largest absolute Gasteiger partial charge is 0.491 e. The number of rotatable bonds is 8. The van der Waals surface area contributed by atoms with E-state index in [9.17, 15) is 9.59 Å². The highest BCUT2D eigenvalue weighted by Crippen LogP contribution is 2.27. The molecule has 1 aliphatic rings. The number of fused-ring (bicyclic) bond motifs is 1. The van der Waals surface area contributed by atoms with Crippen molar-refractivity contribution in [2.75, 3.05) is 30.9 Å². The van der Waals surface area contributed by atoms with E-state index in [0.29, 0.717) is 26.1 Å². The van der Waals surface area contributed by atoms with Gasteiger partial charge in [0, 0.05) is 41.7 Å². The molecule has 7 heteroatoms. The van der Waals surface area contributed by atoms with Crippen molar-refractivity contribution >= 4 is 40.2 Å². The molecule has 0 saturated carbocycles. The van der Waals surface area contributed by atoms with Gasteiger partial charge in [0.2, 0.25) is 11.8 Å². The van der Waals surface area contributed by atoms with Gasteiger partial charge < -0.3 is 15.0 Å². The van der Waals surface area contributed by atoms with Crippen LogP contribution in [0.25, 0.3) is 10.9 Å². The second kappa shape index (κ2) is 9.83. The Hall–Kier alpha value is -3.06. The molecule has 2 heterocycles. The summed E-state index contributed by atoms with van der Waals surface area (Å²) in [5.74, 6) is 0.331. The first kappa shape index (κ1) is 21.2. The summed E-state index contributed by atoms with van der Waals surface area (Å²) >= 11 is 1.66. The van der Waals surface area contributed by atoms with E-state index >= 15 is 0 Å². The second-order valence-electron chi connectivity index (χ2n) is 7.43. The van der Waals surface area contributed by atoms with E-state index in [1.807, 2.05) is 60.9 Å². The smallest absolute Gasteiger partial charge is 0.227 e. The molecule has 1 unspecified atom stereocenters. The lowest BCUT2D eigenvalue weighted by Gasteiger charge is -2.17. The molecule has 2 aromatic carbocycles. The van der Waals surface area contributed by atoms with E-state index in [2.05, 4.69) is 10.3 Å². The molecule has 1 atom stereocenters. The lowest BCUT2D eigenvalue weighted by Crippen LogP contribution is -2.34. The van der Waals surface area contributed by atoms with Crippen LogP contribution in [0.5, 0.6) is 5.75 Å². The molecular formula is C24H25N3O3S. The Morgan fingerprint density at radius 3 is 2.81 bits per heavy atom. The number of aromatic nitrogens is 1. The van der Waals surface area contributed by atoms with E-state index in [-0.39, 0.29) is 24.2 Å². The molecular weight excluding hydrogens is 410 g/mol. The summed E-state index contributed by atoms with van der Waals surface area (Å²) in [5.41, 5.74) is 1.68. The zero-order chi connectivity index (χ0) is 21.6. The molecule has 3 aromatic rings. The van der Waals surface area contributed by atoms with Crippen molar-refractivity contribution < 1.29 is 14.3 Å². The van der Waals surface area contributed by atoms with Gasteiger partial charge >= 0.3 is 0 Å². The monoisotopic (exact) mass is 435 g/mol. The van der Waals surface area contributed by atoms with E-state index in [1.54, 1.807) is 22.9 Å². The van der Waals surface area contributed by atoms with Crippen molar-refractivity contribution in [2.24, 2.45) is 5.92 Å². The number of para-hydroxylation sites is 1. The summed E-state index contributed by atoms with van der Waals surface area (Å²) in [6.45, 7) is 1.40. The maximum absolute atomic E-state index is 12.5. The van der Waals surface area contributed by atoms with Crippen LogP contribution in [-0.2, 0) is 9.59 Å². The van der Waals surface area contributed by atoms with Crippen LogP contribution < -0.4 is 15.0 Å². The summed E-state index contributed by atoms with van der Waals surface area (Å²) in [5, 5.41) is 3.98. The van der Waals surface area contributed by atoms with Gasteiger partial charge in [-0.3, -0.25) is 14.6 Å². The molecule has 0 bridgehead atoms. The average Bonchev–Trinajstić information content (AvgIpc) is 3.20. The highest BCUT2D eigenvalue weighted by molar-refractivity contribution is 7.98. The van der Waals surface area contributed by atoms with E-state index in [4.69, 9.17) is 4.74 Å². The summed E-state index contributed by atoms with van der Waals surface area (Å²) in [4.78, 5) is 32.2. The van der Waals surface area contributed by atoms with E-state index in [0.717, 1.165) is 27.2 Å². The van der Waals surface area contributed by atoms with Crippen molar-refractivity contribution in [3.63, 3.8) is 0 Å². The predicted molar refractivity (Wildman–Crippen MR) is 124 cm³/mol. The van der Waals surface area contributed by atoms with Gasteiger partial charge in [0.05, 0.1) is 12.5 Å². The molecule has 1 saturated heterocycles. The number of carbonyl (C=O) groups excluding carboxylic acids is 2. The Morgan fingerprint density at radius 2 is 2.00 bits per heavy atom. The summed E-state index contributed by atoms with van der Waals surface area (Å²) in [7, 11) is 0. The number of amides is 2. The topological polar surface area (TPSA) is 71.5 Å². The van der Waals surface area contributed by atoms with Gasteiger partial charge in [0.1, 0.15) is 11.3 Å². The number of benzene rings is 2. The Morgan fingerprint density at radius 1 is 1.19 bits per heavy atom. The number of carbonyl (C=O) groups is 2. The first-order valence-electron chi connectivity index (χ1n) is 10.3. The minimum atomic E-state index is -0.323. The van der Waals surface area contributed by atoms with Crippen LogP contribution >= 0.6 is 11.8 Å². The van der Waals surface area contributed by atoms with Crippen LogP contribution in [0, 0.1) is 5.92 Å². The predicted octanol–water partition coefficient (Wildman–Crippen LogP) is 3.89. The van der Waals surface area contributed by atoms with Gasteiger partial charge in [0.25, 0.3) is 0 Å². The van der Waals surface area contributed by atoms with Crippen LogP contribution in [0.15, 0.2) is 65.7 Å². The van der Waals surface area contributed by atoms with Crippen molar-refractivity contribution in [1.82, 2.24) is 10.3 Å². The number of hydrogen-bond acceptors (Lipinski definition) is 5. The van der Waals surface area contributed by atoms with Gasteiger partial charge in [-0.15, -0.1) is 11.8 Å². The van der Waals surface area contributed by atoms with Gasteiger partial charge in [-0.2, -0.15) is 0 Å². The summed E-state index contributed by atoms with van der Waals surface area (Å²) < 4.78 is 5.86. The fraction of sp³-hybridized carbons (Fsp3) is 0.292. The normalized spacial score (nSPS) is 16.0. The second-order valence-corrected chi connectivity index (χ2v) is 8.31. The summed E-state index contributed by atoms with van der Waals surface area (Å²) in [6.07, 6.45) is 4.68. The molecule has 1 aromatic heterocycles. The molecule has 2 amide bonds. The van der Waals surface area contributed by atoms with Crippen molar-refractivity contribution in [1.29, 1.82) is 0 Å². The number of anilines is 1. The van der Waals surface area contributed by atoms with Crippen LogP contribution in [0.2, 0.25) is 0 Å². The van der Waals surface area contributed by atoms with Crippen LogP contribution in [0.4, 0.5) is 5.69 Å². The third-order valence-corrected chi connectivity index (χ3v) is 6.10. The Balaban J connectivity index is 1.23. The highest BCUT2D eigenvalue weighted by atomic mass is 32.2. The number of nitrogens with one attached hydrogen (secondary N) is 1. The number of hydrogen-bond donors (Lipinski definition) is 1. The van der Waals surface area contributed by atoms with Crippen molar-refractivity contribution in [3.05, 3.63) is 60.8 Å². The summed E-state index contributed by atoms with van der Waals surface area (Å²) in [6, 6.07) is 17.6. The van der Waals surface area contributed by atoms with Gasteiger partial charge in [-0.05, 0) is 49.1 Å². The number of nitrogens with zero attached hydrogens (tertiary/aromatic N) is 2. The minimum absolute atomic E-state index is 0.0103. The zero-order valence-electron chi connectivity index (χ0n) is 17.4. The molecule has 1 N–H and O–H groups in total. The number of pyridine rings is 1. The maximum atomic E-state index is 12.5. The molecule has 1 fully saturated rings. The fourth-order valence-corrected chi connectivity index (χ4v) is 4.11. The fourth-order valence-electron chi connectivity index (χ4n) is 3.70.